The molecule has 0 fully saturated rings. The van der Waals surface area contributed by atoms with Gasteiger partial charge in [0.1, 0.15) is 13.2 Å². The molecule has 0 radical (unpaired) electrons. The monoisotopic (exact) mass is 919 g/mol. The van der Waals surface area contributed by atoms with Crippen molar-refractivity contribution in [3.8, 4) is 0 Å². The van der Waals surface area contributed by atoms with Crippen LogP contribution in [0.4, 0.5) is 0 Å². The molecule has 0 aliphatic heterocycles. The summed E-state index contributed by atoms with van der Waals surface area (Å²) in [4.78, 5) is 38.1. The average Bonchev–Trinajstić information content (AvgIpc) is 3.28. The fourth-order valence-corrected chi connectivity index (χ4v) is 8.97. The van der Waals surface area contributed by atoms with Gasteiger partial charge in [-0.2, -0.15) is 0 Å². The van der Waals surface area contributed by atoms with E-state index in [1.54, 1.807) is 0 Å². The first-order valence-corrected chi connectivity index (χ1v) is 29.1. The zero-order valence-corrected chi connectivity index (χ0v) is 44.8. The van der Waals surface area contributed by atoms with Gasteiger partial charge in [0, 0.05) is 19.3 Å². The smallest absolute Gasteiger partial charge is 0.306 e. The standard InChI is InChI=1S/C59H114O6/c1-7-55(6)47-41-35-29-23-19-15-12-13-17-21-25-31-38-44-50-59(62)65-56(52-64-58(61)49-43-37-32-26-28-34-40-46-54(4)5)51-63-57(60)48-42-36-30-24-20-16-11-9-8-10-14-18-22-27-33-39-45-53(2)3/h53-56H,7-52H2,1-6H3/t55?,56-/m1/s1. The molecule has 0 aliphatic rings. The Morgan fingerprint density at radius 1 is 0.308 bits per heavy atom. The molecule has 0 N–H and O–H groups in total. The first-order valence-electron chi connectivity index (χ1n) is 29.1. The van der Waals surface area contributed by atoms with E-state index in [1.807, 2.05) is 0 Å². The summed E-state index contributed by atoms with van der Waals surface area (Å²) in [5, 5.41) is 0. The van der Waals surface area contributed by atoms with E-state index in [-0.39, 0.29) is 31.1 Å². The number of carbonyl (C=O) groups is 3. The van der Waals surface area contributed by atoms with Gasteiger partial charge in [0.25, 0.3) is 0 Å². The molecule has 0 aliphatic carbocycles. The molecule has 0 aromatic heterocycles. The highest BCUT2D eigenvalue weighted by Gasteiger charge is 2.19. The van der Waals surface area contributed by atoms with Crippen molar-refractivity contribution < 1.29 is 28.6 Å². The summed E-state index contributed by atoms with van der Waals surface area (Å²) in [7, 11) is 0. The van der Waals surface area contributed by atoms with Gasteiger partial charge < -0.3 is 14.2 Å². The zero-order chi connectivity index (χ0) is 47.7. The number of rotatable bonds is 52. The van der Waals surface area contributed by atoms with Gasteiger partial charge in [-0.25, -0.2) is 0 Å². The molecule has 0 spiro atoms. The van der Waals surface area contributed by atoms with Crippen LogP contribution in [0.3, 0.4) is 0 Å². The fourth-order valence-electron chi connectivity index (χ4n) is 8.97. The third-order valence-electron chi connectivity index (χ3n) is 13.8. The summed E-state index contributed by atoms with van der Waals surface area (Å²) in [6.45, 7) is 13.8. The number of ether oxygens (including phenoxy) is 3. The molecule has 0 aromatic carbocycles. The number of carbonyl (C=O) groups excluding carboxylic acids is 3. The van der Waals surface area contributed by atoms with Crippen LogP contribution in [0.1, 0.15) is 324 Å². The van der Waals surface area contributed by atoms with Gasteiger partial charge in [-0.1, -0.05) is 286 Å². The van der Waals surface area contributed by atoms with Crippen LogP contribution in [0.5, 0.6) is 0 Å². The maximum absolute atomic E-state index is 12.8. The SMILES string of the molecule is CCC(C)CCCCCCCCCCCCCCCCC(=O)O[C@H](COC(=O)CCCCCCCCCCCCCCCCCCC(C)C)COC(=O)CCCCCCCCCC(C)C. The second-order valence-electron chi connectivity index (χ2n) is 21.5. The molecular formula is C59H114O6. The summed E-state index contributed by atoms with van der Waals surface area (Å²) >= 11 is 0. The van der Waals surface area contributed by atoms with E-state index >= 15 is 0 Å². The summed E-state index contributed by atoms with van der Waals surface area (Å²) in [6, 6.07) is 0. The topological polar surface area (TPSA) is 78.9 Å². The second kappa shape index (κ2) is 50.3. The normalized spacial score (nSPS) is 12.6. The Hall–Kier alpha value is -1.59. The first-order chi connectivity index (χ1) is 31.6. The lowest BCUT2D eigenvalue weighted by molar-refractivity contribution is -0.167. The van der Waals surface area contributed by atoms with Crippen LogP contribution >= 0.6 is 0 Å². The van der Waals surface area contributed by atoms with Crippen molar-refractivity contribution in [2.24, 2.45) is 17.8 Å². The molecule has 0 saturated heterocycles. The van der Waals surface area contributed by atoms with Crippen molar-refractivity contribution in [2.45, 2.75) is 330 Å². The number of esters is 3. The van der Waals surface area contributed by atoms with Crippen molar-refractivity contribution in [3.63, 3.8) is 0 Å². The van der Waals surface area contributed by atoms with Crippen molar-refractivity contribution >= 4 is 17.9 Å². The molecule has 6 heteroatoms. The largest absolute Gasteiger partial charge is 0.462 e. The van der Waals surface area contributed by atoms with Gasteiger partial charge >= 0.3 is 17.9 Å². The van der Waals surface area contributed by atoms with E-state index in [4.69, 9.17) is 14.2 Å². The van der Waals surface area contributed by atoms with E-state index in [1.165, 1.54) is 205 Å². The Morgan fingerprint density at radius 2 is 0.538 bits per heavy atom. The molecule has 0 bridgehead atoms. The minimum absolute atomic E-state index is 0.0640. The van der Waals surface area contributed by atoms with E-state index in [0.717, 1.165) is 75.5 Å². The van der Waals surface area contributed by atoms with Gasteiger partial charge in [-0.3, -0.25) is 14.4 Å². The molecule has 6 nitrogen and oxygen atoms in total. The zero-order valence-electron chi connectivity index (χ0n) is 44.8. The van der Waals surface area contributed by atoms with Crippen molar-refractivity contribution in [3.05, 3.63) is 0 Å². The Morgan fingerprint density at radius 3 is 0.800 bits per heavy atom. The van der Waals surface area contributed by atoms with E-state index < -0.39 is 6.10 Å². The third kappa shape index (κ3) is 51.6. The summed E-state index contributed by atoms with van der Waals surface area (Å²) in [5.74, 6) is 1.68. The van der Waals surface area contributed by atoms with Crippen LogP contribution in [0.15, 0.2) is 0 Å². The average molecular weight is 920 g/mol. The Labute approximate surface area is 406 Å². The molecule has 0 saturated carbocycles. The Bertz CT molecular complexity index is 1010. The predicted molar refractivity (Wildman–Crippen MR) is 279 cm³/mol. The van der Waals surface area contributed by atoms with Crippen molar-refractivity contribution in [1.82, 2.24) is 0 Å². The molecule has 0 amide bonds. The quantitative estimate of drug-likeness (QED) is 0.0344. The van der Waals surface area contributed by atoms with E-state index in [2.05, 4.69) is 41.5 Å². The van der Waals surface area contributed by atoms with E-state index in [9.17, 15) is 14.4 Å². The highest BCUT2D eigenvalue weighted by atomic mass is 16.6. The first kappa shape index (κ1) is 63.4. The highest BCUT2D eigenvalue weighted by Crippen LogP contribution is 2.19. The molecule has 386 valence electrons. The van der Waals surface area contributed by atoms with Crippen LogP contribution < -0.4 is 0 Å². The van der Waals surface area contributed by atoms with Crippen LogP contribution in [0.2, 0.25) is 0 Å². The lowest BCUT2D eigenvalue weighted by Crippen LogP contribution is -2.30. The molecule has 0 rings (SSSR count). The number of hydrogen-bond donors (Lipinski definition) is 0. The van der Waals surface area contributed by atoms with E-state index in [0.29, 0.717) is 19.3 Å². The fraction of sp³-hybridized carbons (Fsp3) is 0.949. The van der Waals surface area contributed by atoms with Crippen molar-refractivity contribution in [1.29, 1.82) is 0 Å². The van der Waals surface area contributed by atoms with Gasteiger partial charge in [0.05, 0.1) is 0 Å². The lowest BCUT2D eigenvalue weighted by atomic mass is 9.99. The van der Waals surface area contributed by atoms with Crippen molar-refractivity contribution in [2.75, 3.05) is 13.2 Å². The lowest BCUT2D eigenvalue weighted by Gasteiger charge is -2.18. The molecule has 0 heterocycles. The minimum Gasteiger partial charge on any atom is -0.462 e. The summed E-state index contributed by atoms with van der Waals surface area (Å²) in [5.41, 5.74) is 0. The van der Waals surface area contributed by atoms with Gasteiger partial charge in [-0.05, 0) is 37.0 Å². The maximum Gasteiger partial charge on any atom is 0.306 e. The molecule has 2 atom stereocenters. The summed E-state index contributed by atoms with van der Waals surface area (Å²) in [6.07, 6.45) is 52.4. The molecule has 1 unspecified atom stereocenters. The van der Waals surface area contributed by atoms with Gasteiger partial charge in [0.15, 0.2) is 6.10 Å². The number of hydrogen-bond acceptors (Lipinski definition) is 6. The van der Waals surface area contributed by atoms with Crippen LogP contribution in [0, 0.1) is 17.8 Å². The Kier molecular flexibility index (Phi) is 49.1. The predicted octanol–water partition coefficient (Wildman–Crippen LogP) is 19.1. The summed E-state index contributed by atoms with van der Waals surface area (Å²) < 4.78 is 16.9. The minimum atomic E-state index is -0.764. The van der Waals surface area contributed by atoms with Crippen LogP contribution in [-0.2, 0) is 28.6 Å². The van der Waals surface area contributed by atoms with Crippen LogP contribution in [-0.4, -0.2) is 37.2 Å². The third-order valence-corrected chi connectivity index (χ3v) is 13.8. The highest BCUT2D eigenvalue weighted by molar-refractivity contribution is 5.71. The molecular weight excluding hydrogens is 805 g/mol. The maximum atomic E-state index is 12.8. The molecule has 0 aromatic rings. The Balaban J connectivity index is 4.24. The second-order valence-corrected chi connectivity index (χ2v) is 21.5. The van der Waals surface area contributed by atoms with Gasteiger partial charge in [0.2, 0.25) is 0 Å². The number of unbranched alkanes of at least 4 members (excludes halogenated alkanes) is 34. The van der Waals surface area contributed by atoms with Gasteiger partial charge in [-0.15, -0.1) is 0 Å². The molecule has 65 heavy (non-hydrogen) atoms. The van der Waals surface area contributed by atoms with Crippen LogP contribution in [0.25, 0.3) is 0 Å².